The van der Waals surface area contributed by atoms with E-state index >= 15 is 0 Å². The summed E-state index contributed by atoms with van der Waals surface area (Å²) in [5.74, 6) is 2.38. The molecule has 0 unspecified atom stereocenters. The molecule has 5 nitrogen and oxygen atoms in total. The van der Waals surface area contributed by atoms with Gasteiger partial charge in [0.15, 0.2) is 5.11 Å². The summed E-state index contributed by atoms with van der Waals surface area (Å²) in [5.41, 5.74) is 0.925. The van der Waals surface area contributed by atoms with Crippen molar-refractivity contribution in [3.05, 3.63) is 48.5 Å². The molecule has 0 saturated heterocycles. The third-order valence-corrected chi connectivity index (χ3v) is 3.80. The summed E-state index contributed by atoms with van der Waals surface area (Å²) in [6.07, 6.45) is 1.05. The van der Waals surface area contributed by atoms with Crippen LogP contribution in [0.1, 0.15) is 13.3 Å². The first-order chi connectivity index (χ1) is 12.6. The lowest BCUT2D eigenvalue weighted by Gasteiger charge is -2.13. The Kier molecular flexibility index (Phi) is 8.18. The lowest BCUT2D eigenvalue weighted by atomic mass is 10.3. The molecule has 0 saturated carbocycles. The molecule has 0 atom stereocenters. The van der Waals surface area contributed by atoms with Gasteiger partial charge in [0, 0.05) is 12.2 Å². The van der Waals surface area contributed by atoms with Gasteiger partial charge in [-0.2, -0.15) is 0 Å². The zero-order valence-electron chi connectivity index (χ0n) is 15.6. The Morgan fingerprint density at radius 1 is 0.962 bits per heavy atom. The number of thiocarbonyl (C=S) groups is 1. The quantitative estimate of drug-likeness (QED) is 0.509. The van der Waals surface area contributed by atoms with E-state index in [0.717, 1.165) is 42.4 Å². The number of nitrogens with one attached hydrogen (secondary N) is 2. The fourth-order valence-corrected chi connectivity index (χ4v) is 2.51. The molecule has 0 aliphatic rings. The molecule has 2 rings (SSSR count). The first-order valence-corrected chi connectivity index (χ1v) is 9.18. The van der Waals surface area contributed by atoms with E-state index in [9.17, 15) is 0 Å². The number of hydrogen-bond donors (Lipinski definition) is 2. The van der Waals surface area contributed by atoms with Crippen LogP contribution in [0.25, 0.3) is 0 Å². The summed E-state index contributed by atoms with van der Waals surface area (Å²) in [6.45, 7) is 4.50. The Morgan fingerprint density at radius 2 is 1.54 bits per heavy atom. The van der Waals surface area contributed by atoms with E-state index in [1.807, 2.05) is 55.5 Å². The number of anilines is 1. The summed E-state index contributed by atoms with van der Waals surface area (Å²) in [4.78, 5) is 2.15. The van der Waals surface area contributed by atoms with Crippen LogP contribution >= 0.6 is 12.2 Å². The minimum Gasteiger partial charge on any atom is -0.494 e. The summed E-state index contributed by atoms with van der Waals surface area (Å²) in [6, 6.07) is 15.3. The van der Waals surface area contributed by atoms with Crippen molar-refractivity contribution >= 4 is 23.0 Å². The van der Waals surface area contributed by atoms with E-state index in [1.165, 1.54) is 0 Å². The molecule has 2 N–H and O–H groups in total. The van der Waals surface area contributed by atoms with Crippen LogP contribution in [0.5, 0.6) is 17.2 Å². The predicted molar refractivity (Wildman–Crippen MR) is 112 cm³/mol. The zero-order valence-corrected chi connectivity index (χ0v) is 16.4. The lowest BCUT2D eigenvalue weighted by Crippen LogP contribution is -2.30. The van der Waals surface area contributed by atoms with E-state index in [2.05, 4.69) is 29.6 Å². The normalized spacial score (nSPS) is 10.5. The van der Waals surface area contributed by atoms with Crippen molar-refractivity contribution in [1.82, 2.24) is 10.2 Å². The van der Waals surface area contributed by atoms with Crippen LogP contribution in [0.3, 0.4) is 0 Å². The Labute approximate surface area is 161 Å². The largest absolute Gasteiger partial charge is 0.494 e. The smallest absolute Gasteiger partial charge is 0.170 e. The number of benzene rings is 2. The maximum Gasteiger partial charge on any atom is 0.170 e. The van der Waals surface area contributed by atoms with Gasteiger partial charge >= 0.3 is 0 Å². The Bertz CT molecular complexity index is 672. The van der Waals surface area contributed by atoms with Gasteiger partial charge in [0.1, 0.15) is 17.2 Å². The number of hydrogen-bond acceptors (Lipinski definition) is 4. The average Bonchev–Trinajstić information content (AvgIpc) is 2.62. The van der Waals surface area contributed by atoms with E-state index < -0.39 is 0 Å². The molecule has 2 aromatic carbocycles. The van der Waals surface area contributed by atoms with E-state index in [-0.39, 0.29) is 0 Å². The molecular formula is C20H27N3O2S. The van der Waals surface area contributed by atoms with Crippen molar-refractivity contribution < 1.29 is 9.47 Å². The lowest BCUT2D eigenvalue weighted by molar-refractivity contribution is 0.339. The number of rotatable bonds is 9. The van der Waals surface area contributed by atoms with Crippen LogP contribution in [0, 0.1) is 0 Å². The molecule has 6 heteroatoms. The summed E-state index contributed by atoms with van der Waals surface area (Å²) in [7, 11) is 4.13. The van der Waals surface area contributed by atoms with Crippen LogP contribution in [0.15, 0.2) is 48.5 Å². The minimum atomic E-state index is 0.629. The topological polar surface area (TPSA) is 45.8 Å². The first-order valence-electron chi connectivity index (χ1n) is 8.77. The van der Waals surface area contributed by atoms with E-state index in [4.69, 9.17) is 21.7 Å². The highest BCUT2D eigenvalue weighted by Crippen LogP contribution is 2.25. The van der Waals surface area contributed by atoms with Gasteiger partial charge in [-0.3, -0.25) is 0 Å². The van der Waals surface area contributed by atoms with Crippen molar-refractivity contribution in [3.8, 4) is 17.2 Å². The van der Waals surface area contributed by atoms with Crippen molar-refractivity contribution in [1.29, 1.82) is 0 Å². The van der Waals surface area contributed by atoms with Gasteiger partial charge in [0.05, 0.1) is 6.61 Å². The Hall–Kier alpha value is -2.31. The maximum atomic E-state index is 5.84. The molecule has 26 heavy (non-hydrogen) atoms. The van der Waals surface area contributed by atoms with Gasteiger partial charge in [-0.25, -0.2) is 0 Å². The second-order valence-corrected chi connectivity index (χ2v) is 6.48. The van der Waals surface area contributed by atoms with Crippen LogP contribution < -0.4 is 20.1 Å². The third-order valence-electron chi connectivity index (χ3n) is 3.55. The van der Waals surface area contributed by atoms with Gasteiger partial charge in [0.25, 0.3) is 0 Å². The second-order valence-electron chi connectivity index (χ2n) is 6.07. The molecule has 140 valence electrons. The molecule has 2 aromatic rings. The standard InChI is InChI=1S/C20H27N3O2S/c1-4-24-17-10-12-19(13-11-17)25-18-8-6-16(7-9-18)22-20(26)21-14-5-15-23(2)3/h6-13H,4-5,14-15H2,1-3H3,(H2,21,22,26). The Balaban J connectivity index is 1.79. The highest BCUT2D eigenvalue weighted by atomic mass is 32.1. The molecule has 0 fully saturated rings. The average molecular weight is 374 g/mol. The number of ether oxygens (including phenoxy) is 2. The van der Waals surface area contributed by atoms with Crippen molar-refractivity contribution in [3.63, 3.8) is 0 Å². The SMILES string of the molecule is CCOc1ccc(Oc2ccc(NC(=S)NCCCN(C)C)cc2)cc1. The van der Waals surface area contributed by atoms with Crippen molar-refractivity contribution in [2.24, 2.45) is 0 Å². The maximum absolute atomic E-state index is 5.84. The zero-order chi connectivity index (χ0) is 18.8. The molecule has 0 aliphatic carbocycles. The van der Waals surface area contributed by atoms with Gasteiger partial charge in [-0.15, -0.1) is 0 Å². The third kappa shape index (κ3) is 7.29. The molecular weight excluding hydrogens is 346 g/mol. The second kappa shape index (κ2) is 10.6. The highest BCUT2D eigenvalue weighted by molar-refractivity contribution is 7.80. The molecule has 0 amide bonds. The highest BCUT2D eigenvalue weighted by Gasteiger charge is 2.01. The van der Waals surface area contributed by atoms with E-state index in [1.54, 1.807) is 0 Å². The molecule has 0 radical (unpaired) electrons. The van der Waals surface area contributed by atoms with Crippen LogP contribution in [-0.2, 0) is 0 Å². The first kappa shape index (κ1) is 20.0. The van der Waals surface area contributed by atoms with Crippen LogP contribution in [-0.4, -0.2) is 43.8 Å². The van der Waals surface area contributed by atoms with Crippen molar-refractivity contribution in [2.45, 2.75) is 13.3 Å². The van der Waals surface area contributed by atoms with Crippen LogP contribution in [0.2, 0.25) is 0 Å². The molecule has 0 aromatic heterocycles. The van der Waals surface area contributed by atoms with Crippen LogP contribution in [0.4, 0.5) is 5.69 Å². The van der Waals surface area contributed by atoms with Crippen molar-refractivity contribution in [2.75, 3.05) is 39.1 Å². The van der Waals surface area contributed by atoms with Gasteiger partial charge in [-0.1, -0.05) is 0 Å². The summed E-state index contributed by atoms with van der Waals surface area (Å²) < 4.78 is 11.3. The predicted octanol–water partition coefficient (Wildman–Crippen LogP) is 4.12. The Morgan fingerprint density at radius 3 is 2.12 bits per heavy atom. The minimum absolute atomic E-state index is 0.629. The summed E-state index contributed by atoms with van der Waals surface area (Å²) >= 11 is 5.31. The summed E-state index contributed by atoms with van der Waals surface area (Å²) in [5, 5.41) is 7.01. The molecule has 0 spiro atoms. The molecule has 0 aliphatic heterocycles. The van der Waals surface area contributed by atoms with Gasteiger partial charge in [-0.05, 0) is 94.7 Å². The van der Waals surface area contributed by atoms with Gasteiger partial charge < -0.3 is 25.0 Å². The fraction of sp³-hybridized carbons (Fsp3) is 0.350. The molecule has 0 bridgehead atoms. The molecule has 0 heterocycles. The number of nitrogens with zero attached hydrogens (tertiary/aromatic N) is 1. The van der Waals surface area contributed by atoms with E-state index in [0.29, 0.717) is 11.7 Å². The monoisotopic (exact) mass is 373 g/mol. The van der Waals surface area contributed by atoms with Gasteiger partial charge in [0.2, 0.25) is 0 Å². The fourth-order valence-electron chi connectivity index (χ4n) is 2.29.